The van der Waals surface area contributed by atoms with Crippen LogP contribution < -0.4 is 0 Å². The molecule has 0 aliphatic carbocycles. The molecular formula is C14H16FNO4. The van der Waals surface area contributed by atoms with E-state index < -0.39 is 23.5 Å². The number of rotatable bonds is 1. The first kappa shape index (κ1) is 14.3. The van der Waals surface area contributed by atoms with Crippen LogP contribution >= 0.6 is 0 Å². The van der Waals surface area contributed by atoms with Gasteiger partial charge in [0.05, 0.1) is 12.1 Å². The highest BCUT2D eigenvalue weighted by atomic mass is 19.1. The first-order chi connectivity index (χ1) is 9.17. The summed E-state index contributed by atoms with van der Waals surface area (Å²) in [5, 5.41) is 8.90. The maximum Gasteiger partial charge on any atom is 0.410 e. The maximum absolute atomic E-state index is 13.8. The Kier molecular flexibility index (Phi) is 3.41. The van der Waals surface area contributed by atoms with Crippen LogP contribution in [0.2, 0.25) is 0 Å². The molecule has 1 amide bonds. The number of fused-ring (bicyclic) bond motifs is 1. The summed E-state index contributed by atoms with van der Waals surface area (Å²) < 4.78 is 19.1. The molecule has 0 saturated heterocycles. The van der Waals surface area contributed by atoms with Gasteiger partial charge in [-0.1, -0.05) is 0 Å². The van der Waals surface area contributed by atoms with Crippen LogP contribution in [0.15, 0.2) is 12.1 Å². The van der Waals surface area contributed by atoms with Crippen LogP contribution in [-0.4, -0.2) is 27.7 Å². The van der Waals surface area contributed by atoms with Crippen molar-refractivity contribution in [1.82, 2.24) is 4.90 Å². The summed E-state index contributed by atoms with van der Waals surface area (Å²) in [7, 11) is 0. The van der Waals surface area contributed by atoms with E-state index in [1.165, 1.54) is 11.0 Å². The number of benzene rings is 1. The van der Waals surface area contributed by atoms with Crippen molar-refractivity contribution < 1.29 is 23.8 Å². The van der Waals surface area contributed by atoms with Crippen LogP contribution in [0.25, 0.3) is 0 Å². The molecule has 0 radical (unpaired) electrons. The smallest absolute Gasteiger partial charge is 0.410 e. The Bertz CT molecular complexity index is 577. The van der Waals surface area contributed by atoms with Crippen molar-refractivity contribution >= 4 is 12.1 Å². The summed E-state index contributed by atoms with van der Waals surface area (Å²) in [4.78, 5) is 24.2. The van der Waals surface area contributed by atoms with Gasteiger partial charge in [-0.2, -0.15) is 0 Å². The SMILES string of the molecule is CC(C)(C)OC(=O)N1Cc2cc(C(=O)O)cc(F)c2C1. The first-order valence-corrected chi connectivity index (χ1v) is 6.20. The van der Waals surface area contributed by atoms with Crippen molar-refractivity contribution in [2.24, 2.45) is 0 Å². The number of hydrogen-bond donors (Lipinski definition) is 1. The highest BCUT2D eigenvalue weighted by Gasteiger charge is 2.30. The van der Waals surface area contributed by atoms with Crippen LogP contribution in [0, 0.1) is 5.82 Å². The third kappa shape index (κ3) is 2.89. The lowest BCUT2D eigenvalue weighted by atomic mass is 10.1. The molecule has 108 valence electrons. The quantitative estimate of drug-likeness (QED) is 0.859. The van der Waals surface area contributed by atoms with Gasteiger partial charge in [0.15, 0.2) is 0 Å². The number of carboxylic acid groups (broad SMARTS) is 1. The number of hydrogen-bond acceptors (Lipinski definition) is 3. The van der Waals surface area contributed by atoms with Crippen LogP contribution in [0.3, 0.4) is 0 Å². The second-order valence-electron chi connectivity index (χ2n) is 5.74. The van der Waals surface area contributed by atoms with Crippen LogP contribution in [0.5, 0.6) is 0 Å². The second-order valence-corrected chi connectivity index (χ2v) is 5.74. The molecule has 0 unspecified atom stereocenters. The molecule has 0 spiro atoms. The number of nitrogens with zero attached hydrogens (tertiary/aromatic N) is 1. The van der Waals surface area contributed by atoms with Gasteiger partial charge in [-0.05, 0) is 38.5 Å². The number of aromatic carboxylic acids is 1. The van der Waals surface area contributed by atoms with E-state index in [1.807, 2.05) is 0 Å². The standard InChI is InChI=1S/C14H16FNO4/c1-14(2,3)20-13(19)16-6-9-4-8(12(17)18)5-11(15)10(9)7-16/h4-5H,6-7H2,1-3H3,(H,17,18). The van der Waals surface area contributed by atoms with Gasteiger partial charge in [0.1, 0.15) is 11.4 Å². The van der Waals surface area contributed by atoms with Gasteiger partial charge >= 0.3 is 12.1 Å². The normalized spacial score (nSPS) is 14.1. The van der Waals surface area contributed by atoms with Gasteiger partial charge in [-0.15, -0.1) is 0 Å². The minimum atomic E-state index is -1.19. The molecule has 1 N–H and O–H groups in total. The van der Waals surface area contributed by atoms with Gasteiger partial charge < -0.3 is 9.84 Å². The fraction of sp³-hybridized carbons (Fsp3) is 0.429. The summed E-state index contributed by atoms with van der Waals surface area (Å²) in [6, 6.07) is 2.37. The average molecular weight is 281 g/mol. The monoisotopic (exact) mass is 281 g/mol. The van der Waals surface area contributed by atoms with E-state index in [4.69, 9.17) is 9.84 Å². The Morgan fingerprint density at radius 2 is 1.95 bits per heavy atom. The Morgan fingerprint density at radius 3 is 2.50 bits per heavy atom. The number of amides is 1. The maximum atomic E-state index is 13.8. The van der Waals surface area contributed by atoms with E-state index >= 15 is 0 Å². The molecule has 0 bridgehead atoms. The van der Waals surface area contributed by atoms with Gasteiger partial charge in [-0.25, -0.2) is 14.0 Å². The molecule has 1 aromatic carbocycles. The number of carbonyl (C=O) groups is 2. The summed E-state index contributed by atoms with van der Waals surface area (Å²) in [6.07, 6.45) is -0.537. The molecule has 20 heavy (non-hydrogen) atoms. The van der Waals surface area contributed by atoms with Gasteiger partial charge in [0.2, 0.25) is 0 Å². The van der Waals surface area contributed by atoms with Crippen molar-refractivity contribution in [2.75, 3.05) is 0 Å². The van der Waals surface area contributed by atoms with Gasteiger partial charge in [-0.3, -0.25) is 4.90 Å². The van der Waals surface area contributed by atoms with Crippen molar-refractivity contribution in [1.29, 1.82) is 0 Å². The van der Waals surface area contributed by atoms with Crippen LogP contribution in [0.1, 0.15) is 42.3 Å². The largest absolute Gasteiger partial charge is 0.478 e. The number of carbonyl (C=O) groups excluding carboxylic acids is 1. The molecule has 0 aromatic heterocycles. The highest BCUT2D eigenvalue weighted by molar-refractivity contribution is 5.88. The first-order valence-electron chi connectivity index (χ1n) is 6.20. The Hall–Kier alpha value is -2.11. The number of halogens is 1. The predicted octanol–water partition coefficient (Wildman–Crippen LogP) is 2.77. The van der Waals surface area contributed by atoms with E-state index in [9.17, 15) is 14.0 Å². The molecule has 1 aliphatic heterocycles. The van der Waals surface area contributed by atoms with E-state index in [1.54, 1.807) is 20.8 Å². The highest BCUT2D eigenvalue weighted by Crippen LogP contribution is 2.28. The topological polar surface area (TPSA) is 66.8 Å². The minimum Gasteiger partial charge on any atom is -0.478 e. The molecule has 6 heteroatoms. The third-order valence-electron chi connectivity index (χ3n) is 2.90. The fourth-order valence-corrected chi connectivity index (χ4v) is 2.04. The van der Waals surface area contributed by atoms with Crippen molar-refractivity contribution in [3.63, 3.8) is 0 Å². The molecule has 0 fully saturated rings. The van der Waals surface area contributed by atoms with Crippen LogP contribution in [-0.2, 0) is 17.8 Å². The zero-order valence-corrected chi connectivity index (χ0v) is 11.6. The summed E-state index contributed by atoms with van der Waals surface area (Å²) in [5.41, 5.74) is 0.109. The molecule has 2 rings (SSSR count). The lowest BCUT2D eigenvalue weighted by Gasteiger charge is -2.24. The Balaban J connectivity index is 2.21. The summed E-state index contributed by atoms with van der Waals surface area (Å²) in [6.45, 7) is 5.49. The Labute approximate surface area is 116 Å². The van der Waals surface area contributed by atoms with Gasteiger partial charge in [0.25, 0.3) is 0 Å². The summed E-state index contributed by atoms with van der Waals surface area (Å²) in [5.74, 6) is -1.80. The van der Waals surface area contributed by atoms with E-state index in [0.29, 0.717) is 11.1 Å². The molecule has 1 aliphatic rings. The minimum absolute atomic E-state index is 0.0932. The second kappa shape index (κ2) is 4.77. The van der Waals surface area contributed by atoms with E-state index in [0.717, 1.165) is 6.07 Å². The predicted molar refractivity (Wildman–Crippen MR) is 68.8 cm³/mol. The van der Waals surface area contributed by atoms with E-state index in [2.05, 4.69) is 0 Å². The van der Waals surface area contributed by atoms with Crippen molar-refractivity contribution in [2.45, 2.75) is 39.5 Å². The van der Waals surface area contributed by atoms with Gasteiger partial charge in [0, 0.05) is 12.1 Å². The molecule has 1 aromatic rings. The molecule has 0 saturated carbocycles. The molecular weight excluding hydrogens is 265 g/mol. The van der Waals surface area contributed by atoms with E-state index in [-0.39, 0.29) is 18.7 Å². The molecule has 0 atom stereocenters. The zero-order chi connectivity index (χ0) is 15.1. The lowest BCUT2D eigenvalue weighted by molar-refractivity contribution is 0.0241. The van der Waals surface area contributed by atoms with Crippen molar-refractivity contribution in [3.05, 3.63) is 34.6 Å². The fourth-order valence-electron chi connectivity index (χ4n) is 2.04. The lowest BCUT2D eigenvalue weighted by Crippen LogP contribution is -2.33. The third-order valence-corrected chi connectivity index (χ3v) is 2.90. The molecule has 1 heterocycles. The zero-order valence-electron chi connectivity index (χ0n) is 11.6. The number of ether oxygens (including phenoxy) is 1. The molecule has 5 nitrogen and oxygen atoms in total. The Morgan fingerprint density at radius 1 is 1.30 bits per heavy atom. The van der Waals surface area contributed by atoms with Crippen LogP contribution in [0.4, 0.5) is 9.18 Å². The summed E-state index contributed by atoms with van der Waals surface area (Å²) >= 11 is 0. The van der Waals surface area contributed by atoms with Crippen molar-refractivity contribution in [3.8, 4) is 0 Å². The average Bonchev–Trinajstić information content (AvgIpc) is 2.70. The number of carboxylic acids is 1.